The molecule has 2 N–H and O–H groups in total. The molecule has 2 heterocycles. The minimum absolute atomic E-state index is 0.0829. The Morgan fingerprint density at radius 1 is 1.48 bits per heavy atom. The molecule has 0 saturated heterocycles. The lowest BCUT2D eigenvalue weighted by molar-refractivity contribution is 0.00452. The van der Waals surface area contributed by atoms with E-state index in [0.717, 1.165) is 41.8 Å². The maximum Gasteiger partial charge on any atom is 0.141 e. The monoisotopic (exact) mass is 318 g/mol. The lowest BCUT2D eigenvalue weighted by Crippen LogP contribution is -2.45. The van der Waals surface area contributed by atoms with Crippen molar-refractivity contribution in [2.24, 2.45) is 12.5 Å². The molecule has 6 heteroatoms. The molecule has 1 aliphatic rings. The summed E-state index contributed by atoms with van der Waals surface area (Å²) in [6, 6.07) is 0.0916. The Kier molecular flexibility index (Phi) is 4.55. The van der Waals surface area contributed by atoms with Gasteiger partial charge >= 0.3 is 0 Å². The average Bonchev–Trinajstić information content (AvgIpc) is 3.08. The molecule has 1 atom stereocenters. The highest BCUT2D eigenvalue weighted by Gasteiger charge is 2.44. The quantitative estimate of drug-likeness (QED) is 0.819. The maximum atomic E-state index is 9.99. The van der Waals surface area contributed by atoms with Crippen LogP contribution >= 0.6 is 0 Å². The first kappa shape index (κ1) is 16.2. The largest absolute Gasteiger partial charge is 0.396 e. The minimum Gasteiger partial charge on any atom is -0.396 e. The van der Waals surface area contributed by atoms with Gasteiger partial charge in [-0.2, -0.15) is 5.10 Å². The van der Waals surface area contributed by atoms with Crippen molar-refractivity contribution >= 4 is 0 Å². The molecule has 126 valence electrons. The smallest absolute Gasteiger partial charge is 0.141 e. The molecule has 2 aromatic rings. The van der Waals surface area contributed by atoms with Gasteiger partial charge in [-0.25, -0.2) is 0 Å². The zero-order valence-corrected chi connectivity index (χ0v) is 14.2. The summed E-state index contributed by atoms with van der Waals surface area (Å²) in [6.07, 6.45) is 8.02. The second kappa shape index (κ2) is 6.45. The van der Waals surface area contributed by atoms with Crippen molar-refractivity contribution < 1.29 is 9.63 Å². The van der Waals surface area contributed by atoms with E-state index in [1.54, 1.807) is 0 Å². The number of rotatable bonds is 7. The van der Waals surface area contributed by atoms with Crippen molar-refractivity contribution in [3.05, 3.63) is 35.0 Å². The van der Waals surface area contributed by atoms with Crippen molar-refractivity contribution in [1.29, 1.82) is 0 Å². The summed E-state index contributed by atoms with van der Waals surface area (Å²) in [6.45, 7) is 4.94. The van der Waals surface area contributed by atoms with Crippen LogP contribution in [-0.4, -0.2) is 26.7 Å². The van der Waals surface area contributed by atoms with Gasteiger partial charge in [0.1, 0.15) is 5.76 Å². The van der Waals surface area contributed by atoms with Gasteiger partial charge in [-0.1, -0.05) is 18.5 Å². The number of aromatic nitrogens is 3. The van der Waals surface area contributed by atoms with E-state index in [-0.39, 0.29) is 18.1 Å². The average molecular weight is 318 g/mol. The van der Waals surface area contributed by atoms with Gasteiger partial charge in [0.2, 0.25) is 0 Å². The standard InChI is InChI=1S/C17H26N4O2/c1-4-15-14(12(2)20-23-15)9-18-16(13-8-19-21(3)10-13)17(11-22)6-5-7-17/h8,10,16,18,22H,4-7,9,11H2,1-3H3/t16-/m1/s1. The zero-order chi connectivity index (χ0) is 16.4. The highest BCUT2D eigenvalue weighted by atomic mass is 16.5. The molecule has 1 fully saturated rings. The van der Waals surface area contributed by atoms with Crippen LogP contribution in [0.3, 0.4) is 0 Å². The summed E-state index contributed by atoms with van der Waals surface area (Å²) < 4.78 is 7.20. The molecule has 0 bridgehead atoms. The van der Waals surface area contributed by atoms with E-state index in [9.17, 15) is 5.11 Å². The Morgan fingerprint density at radius 3 is 2.78 bits per heavy atom. The molecule has 0 spiro atoms. The van der Waals surface area contributed by atoms with Crippen molar-refractivity contribution in [2.75, 3.05) is 6.61 Å². The minimum atomic E-state index is -0.0829. The lowest BCUT2D eigenvalue weighted by Gasteiger charge is -2.46. The highest BCUT2D eigenvalue weighted by Crippen LogP contribution is 2.50. The number of aliphatic hydroxyl groups is 1. The van der Waals surface area contributed by atoms with E-state index in [1.165, 1.54) is 6.42 Å². The Labute approximate surface area is 136 Å². The van der Waals surface area contributed by atoms with Gasteiger partial charge in [0.25, 0.3) is 0 Å². The molecule has 1 saturated carbocycles. The summed E-state index contributed by atoms with van der Waals surface area (Å²) in [4.78, 5) is 0. The molecule has 0 radical (unpaired) electrons. The number of nitrogens with zero attached hydrogens (tertiary/aromatic N) is 3. The van der Waals surface area contributed by atoms with E-state index >= 15 is 0 Å². The number of aliphatic hydroxyl groups excluding tert-OH is 1. The van der Waals surface area contributed by atoms with Gasteiger partial charge in [-0.3, -0.25) is 4.68 Å². The van der Waals surface area contributed by atoms with Crippen molar-refractivity contribution in [2.45, 2.75) is 52.1 Å². The fraction of sp³-hybridized carbons (Fsp3) is 0.647. The van der Waals surface area contributed by atoms with E-state index in [1.807, 2.05) is 31.0 Å². The first-order chi connectivity index (χ1) is 11.1. The lowest BCUT2D eigenvalue weighted by atomic mass is 9.63. The van der Waals surface area contributed by atoms with E-state index < -0.39 is 0 Å². The van der Waals surface area contributed by atoms with Crippen molar-refractivity contribution in [1.82, 2.24) is 20.3 Å². The second-order valence-electron chi connectivity index (χ2n) is 6.66. The Hall–Kier alpha value is -1.66. The third-order valence-electron chi connectivity index (χ3n) is 5.20. The van der Waals surface area contributed by atoms with Crippen LogP contribution < -0.4 is 5.32 Å². The van der Waals surface area contributed by atoms with Crippen molar-refractivity contribution in [3.63, 3.8) is 0 Å². The molecule has 6 nitrogen and oxygen atoms in total. The van der Waals surface area contributed by atoms with E-state index in [2.05, 4.69) is 22.5 Å². The number of hydrogen-bond donors (Lipinski definition) is 2. The van der Waals surface area contributed by atoms with Crippen LogP contribution in [0.5, 0.6) is 0 Å². The summed E-state index contributed by atoms with van der Waals surface area (Å²) in [5, 5.41) is 22.0. The van der Waals surface area contributed by atoms with Crippen LogP contribution in [0.2, 0.25) is 0 Å². The van der Waals surface area contributed by atoms with Crippen LogP contribution in [0.4, 0.5) is 0 Å². The summed E-state index contributed by atoms with van der Waals surface area (Å²) in [5.41, 5.74) is 3.12. The SMILES string of the molecule is CCc1onc(C)c1CN[C@H](c1cnn(C)c1)C1(CO)CCC1. The summed E-state index contributed by atoms with van der Waals surface area (Å²) >= 11 is 0. The van der Waals surface area contributed by atoms with Crippen LogP contribution in [-0.2, 0) is 20.0 Å². The van der Waals surface area contributed by atoms with Gasteiger partial charge < -0.3 is 14.9 Å². The number of aryl methyl sites for hydroxylation is 3. The molecular weight excluding hydrogens is 292 g/mol. The summed E-state index contributed by atoms with van der Waals surface area (Å²) in [5.74, 6) is 0.937. The Morgan fingerprint density at radius 2 is 2.26 bits per heavy atom. The normalized spacial score (nSPS) is 17.9. The van der Waals surface area contributed by atoms with Crippen LogP contribution in [0.15, 0.2) is 16.9 Å². The molecule has 0 unspecified atom stereocenters. The summed E-state index contributed by atoms with van der Waals surface area (Å²) in [7, 11) is 1.92. The van der Waals surface area contributed by atoms with Gasteiger partial charge in [0.15, 0.2) is 0 Å². The fourth-order valence-electron chi connectivity index (χ4n) is 3.59. The molecule has 2 aromatic heterocycles. The van der Waals surface area contributed by atoms with Gasteiger partial charge in [-0.15, -0.1) is 0 Å². The molecule has 0 aliphatic heterocycles. The molecule has 0 aromatic carbocycles. The number of hydrogen-bond acceptors (Lipinski definition) is 5. The molecule has 3 rings (SSSR count). The fourth-order valence-corrected chi connectivity index (χ4v) is 3.59. The molecule has 1 aliphatic carbocycles. The third-order valence-corrected chi connectivity index (χ3v) is 5.20. The van der Waals surface area contributed by atoms with Gasteiger partial charge in [-0.05, 0) is 19.8 Å². The maximum absolute atomic E-state index is 9.99. The predicted molar refractivity (Wildman–Crippen MR) is 86.8 cm³/mol. The highest BCUT2D eigenvalue weighted by molar-refractivity contribution is 5.23. The zero-order valence-electron chi connectivity index (χ0n) is 14.2. The second-order valence-corrected chi connectivity index (χ2v) is 6.66. The third kappa shape index (κ3) is 2.93. The first-order valence-corrected chi connectivity index (χ1v) is 8.36. The number of nitrogens with one attached hydrogen (secondary N) is 1. The van der Waals surface area contributed by atoms with E-state index in [4.69, 9.17) is 4.52 Å². The predicted octanol–water partition coefficient (Wildman–Crippen LogP) is 2.27. The van der Waals surface area contributed by atoms with Crippen LogP contribution in [0, 0.1) is 12.3 Å². The van der Waals surface area contributed by atoms with Crippen LogP contribution in [0.25, 0.3) is 0 Å². The first-order valence-electron chi connectivity index (χ1n) is 8.36. The molecule has 0 amide bonds. The van der Waals surface area contributed by atoms with Crippen LogP contribution in [0.1, 0.15) is 54.8 Å². The van der Waals surface area contributed by atoms with Gasteiger partial charge in [0.05, 0.1) is 18.5 Å². The molecule has 23 heavy (non-hydrogen) atoms. The Bertz CT molecular complexity index is 652. The Balaban J connectivity index is 1.83. The van der Waals surface area contributed by atoms with Gasteiger partial charge in [0, 0.05) is 48.8 Å². The van der Waals surface area contributed by atoms with E-state index in [0.29, 0.717) is 6.54 Å². The van der Waals surface area contributed by atoms with Crippen molar-refractivity contribution in [3.8, 4) is 0 Å². The topological polar surface area (TPSA) is 76.1 Å². The molecular formula is C17H26N4O2.